The molecule has 3 aromatic rings. The van der Waals surface area contributed by atoms with E-state index in [-0.39, 0.29) is 47.4 Å². The Bertz CT molecular complexity index is 1220. The standard InChI is InChI=1S/C19H16F3N3O3S2/c20-13-5-4-12(10-15(13)22)30(27,28)25-8-6-11(7-9-25)18(26)24-19-23-17-14(21)2-1-3-16(17)29-19/h1-5,10-11H,6-9H2,(H,23,24,26). The van der Waals surface area contributed by atoms with Gasteiger partial charge in [-0.25, -0.2) is 26.6 Å². The first-order valence-corrected chi connectivity index (χ1v) is 11.3. The lowest BCUT2D eigenvalue weighted by Gasteiger charge is -2.30. The summed E-state index contributed by atoms with van der Waals surface area (Å²) in [6.07, 6.45) is 0.516. The molecule has 11 heteroatoms. The molecule has 0 aliphatic carbocycles. The van der Waals surface area contributed by atoms with Crippen LogP contribution in [0.2, 0.25) is 0 Å². The van der Waals surface area contributed by atoms with Crippen molar-refractivity contribution in [1.29, 1.82) is 0 Å². The summed E-state index contributed by atoms with van der Waals surface area (Å²) in [5.74, 6) is -3.60. The Labute approximate surface area is 174 Å². The van der Waals surface area contributed by atoms with Crippen molar-refractivity contribution in [1.82, 2.24) is 9.29 Å². The summed E-state index contributed by atoms with van der Waals surface area (Å²) in [5.41, 5.74) is 0.185. The number of hydrogen-bond acceptors (Lipinski definition) is 5. The second kappa shape index (κ2) is 7.97. The number of benzene rings is 2. The molecule has 1 amide bonds. The maximum atomic E-state index is 13.8. The number of halogens is 3. The molecule has 1 aliphatic heterocycles. The Morgan fingerprint density at radius 3 is 2.47 bits per heavy atom. The van der Waals surface area contributed by atoms with Gasteiger partial charge in [0.1, 0.15) is 11.3 Å². The molecule has 1 aromatic heterocycles. The average molecular weight is 455 g/mol. The molecule has 0 radical (unpaired) electrons. The van der Waals surface area contributed by atoms with E-state index in [0.29, 0.717) is 10.8 Å². The molecule has 0 atom stereocenters. The number of carbonyl (C=O) groups is 1. The zero-order valence-electron chi connectivity index (χ0n) is 15.4. The number of amides is 1. The number of sulfonamides is 1. The van der Waals surface area contributed by atoms with Crippen LogP contribution in [0.4, 0.5) is 18.3 Å². The highest BCUT2D eigenvalue weighted by Gasteiger charge is 2.32. The van der Waals surface area contributed by atoms with Crippen molar-refractivity contribution in [3.05, 3.63) is 53.8 Å². The van der Waals surface area contributed by atoms with Crippen molar-refractivity contribution in [3.8, 4) is 0 Å². The van der Waals surface area contributed by atoms with Gasteiger partial charge in [0.15, 0.2) is 16.8 Å². The summed E-state index contributed by atoms with van der Waals surface area (Å²) in [7, 11) is -3.99. The van der Waals surface area contributed by atoms with Gasteiger partial charge in [-0.2, -0.15) is 4.31 Å². The quantitative estimate of drug-likeness (QED) is 0.650. The number of piperidine rings is 1. The van der Waals surface area contributed by atoms with Crippen LogP contribution in [0.3, 0.4) is 0 Å². The van der Waals surface area contributed by atoms with E-state index >= 15 is 0 Å². The average Bonchev–Trinajstić information content (AvgIpc) is 3.14. The molecule has 6 nitrogen and oxygen atoms in total. The molecule has 2 aromatic carbocycles. The summed E-state index contributed by atoms with van der Waals surface area (Å²) in [4.78, 5) is 16.3. The van der Waals surface area contributed by atoms with Gasteiger partial charge >= 0.3 is 0 Å². The number of nitrogens with zero attached hydrogens (tertiary/aromatic N) is 2. The van der Waals surface area contributed by atoms with Gasteiger partial charge in [-0.05, 0) is 43.2 Å². The van der Waals surface area contributed by atoms with Crippen LogP contribution in [0.15, 0.2) is 41.3 Å². The molecule has 30 heavy (non-hydrogen) atoms. The molecule has 4 rings (SSSR count). The van der Waals surface area contributed by atoms with E-state index in [1.54, 1.807) is 12.1 Å². The maximum Gasteiger partial charge on any atom is 0.243 e. The van der Waals surface area contributed by atoms with E-state index in [2.05, 4.69) is 10.3 Å². The predicted molar refractivity (Wildman–Crippen MR) is 106 cm³/mol. The summed E-state index contributed by atoms with van der Waals surface area (Å²) < 4.78 is 67.3. The smallest absolute Gasteiger partial charge is 0.243 e. The zero-order chi connectivity index (χ0) is 21.5. The van der Waals surface area contributed by atoms with Crippen LogP contribution in [0.1, 0.15) is 12.8 Å². The topological polar surface area (TPSA) is 79.4 Å². The third-order valence-electron chi connectivity index (χ3n) is 4.95. The number of thiazole rings is 1. The highest BCUT2D eigenvalue weighted by Crippen LogP contribution is 2.29. The third kappa shape index (κ3) is 3.92. The van der Waals surface area contributed by atoms with E-state index in [0.717, 1.165) is 27.8 Å². The number of rotatable bonds is 4. The lowest BCUT2D eigenvalue weighted by Crippen LogP contribution is -2.41. The third-order valence-corrected chi connectivity index (χ3v) is 7.78. The SMILES string of the molecule is O=C(Nc1nc2c(F)cccc2s1)C1CCN(S(=O)(=O)c2ccc(F)c(F)c2)CC1. The summed E-state index contributed by atoms with van der Waals surface area (Å²) >= 11 is 1.15. The van der Waals surface area contributed by atoms with Gasteiger partial charge in [0, 0.05) is 19.0 Å². The van der Waals surface area contributed by atoms with Crippen molar-refractivity contribution in [2.24, 2.45) is 5.92 Å². The number of aromatic nitrogens is 1. The first kappa shape index (κ1) is 20.8. The number of fused-ring (bicyclic) bond motifs is 1. The van der Waals surface area contributed by atoms with Crippen LogP contribution < -0.4 is 5.32 Å². The normalized spacial score (nSPS) is 16.1. The van der Waals surface area contributed by atoms with Gasteiger partial charge in [0.2, 0.25) is 15.9 Å². The monoisotopic (exact) mass is 455 g/mol. The highest BCUT2D eigenvalue weighted by atomic mass is 32.2. The fourth-order valence-corrected chi connectivity index (χ4v) is 5.69. The van der Waals surface area contributed by atoms with E-state index < -0.39 is 33.4 Å². The molecular weight excluding hydrogens is 439 g/mol. The van der Waals surface area contributed by atoms with Crippen molar-refractivity contribution in [2.45, 2.75) is 17.7 Å². The number of nitrogens with one attached hydrogen (secondary N) is 1. The van der Waals surface area contributed by atoms with Crippen LogP contribution in [0, 0.1) is 23.4 Å². The van der Waals surface area contributed by atoms with Crippen LogP contribution >= 0.6 is 11.3 Å². The van der Waals surface area contributed by atoms with Gasteiger partial charge < -0.3 is 5.32 Å². The number of para-hydroxylation sites is 1. The minimum absolute atomic E-state index is 0.0634. The Kier molecular flexibility index (Phi) is 5.51. The van der Waals surface area contributed by atoms with Crippen LogP contribution in [-0.4, -0.2) is 36.7 Å². The van der Waals surface area contributed by atoms with E-state index in [1.807, 2.05) is 0 Å². The Morgan fingerprint density at radius 2 is 1.80 bits per heavy atom. The number of hydrogen-bond donors (Lipinski definition) is 1. The predicted octanol–water partition coefficient (Wildman–Crippen LogP) is 3.75. The largest absolute Gasteiger partial charge is 0.302 e. The van der Waals surface area contributed by atoms with E-state index in [1.165, 1.54) is 6.07 Å². The van der Waals surface area contributed by atoms with Crippen molar-refractivity contribution in [3.63, 3.8) is 0 Å². The van der Waals surface area contributed by atoms with Crippen LogP contribution in [0.25, 0.3) is 10.2 Å². The first-order chi connectivity index (χ1) is 14.3. The van der Waals surface area contributed by atoms with Gasteiger partial charge in [-0.15, -0.1) is 0 Å². The molecule has 1 saturated heterocycles. The summed E-state index contributed by atoms with van der Waals surface area (Å²) in [5, 5.41) is 2.94. The van der Waals surface area contributed by atoms with Gasteiger partial charge in [0.05, 0.1) is 9.60 Å². The molecular formula is C19H16F3N3O3S2. The molecule has 0 unspecified atom stereocenters. The number of carbonyl (C=O) groups excluding carboxylic acids is 1. The minimum Gasteiger partial charge on any atom is -0.302 e. The fourth-order valence-electron chi connectivity index (χ4n) is 3.32. The Morgan fingerprint density at radius 1 is 1.07 bits per heavy atom. The summed E-state index contributed by atoms with van der Waals surface area (Å²) in [6.45, 7) is 0.127. The van der Waals surface area contributed by atoms with Crippen LogP contribution in [0.5, 0.6) is 0 Å². The molecule has 158 valence electrons. The second-order valence-corrected chi connectivity index (χ2v) is 9.82. The molecule has 1 fully saturated rings. The molecule has 2 heterocycles. The van der Waals surface area contributed by atoms with E-state index in [9.17, 15) is 26.4 Å². The lowest BCUT2D eigenvalue weighted by atomic mass is 9.97. The van der Waals surface area contributed by atoms with E-state index in [4.69, 9.17) is 0 Å². The number of anilines is 1. The Balaban J connectivity index is 1.41. The lowest BCUT2D eigenvalue weighted by molar-refractivity contribution is -0.120. The van der Waals surface area contributed by atoms with Crippen molar-refractivity contribution >= 4 is 42.6 Å². The zero-order valence-corrected chi connectivity index (χ0v) is 17.1. The molecule has 1 aliphatic rings. The molecule has 0 bridgehead atoms. The minimum atomic E-state index is -3.99. The maximum absolute atomic E-state index is 13.8. The van der Waals surface area contributed by atoms with Crippen molar-refractivity contribution in [2.75, 3.05) is 18.4 Å². The van der Waals surface area contributed by atoms with Gasteiger partial charge in [-0.1, -0.05) is 17.4 Å². The van der Waals surface area contributed by atoms with Gasteiger partial charge in [0.25, 0.3) is 0 Å². The fraction of sp³-hybridized carbons (Fsp3) is 0.263. The first-order valence-electron chi connectivity index (χ1n) is 9.07. The van der Waals surface area contributed by atoms with Gasteiger partial charge in [-0.3, -0.25) is 4.79 Å². The Hall–Kier alpha value is -2.50. The second-order valence-electron chi connectivity index (χ2n) is 6.85. The highest BCUT2D eigenvalue weighted by molar-refractivity contribution is 7.89. The molecule has 0 saturated carbocycles. The summed E-state index contributed by atoms with van der Waals surface area (Å²) in [6, 6.07) is 6.98. The van der Waals surface area contributed by atoms with Crippen molar-refractivity contribution < 1.29 is 26.4 Å². The van der Waals surface area contributed by atoms with Crippen LogP contribution in [-0.2, 0) is 14.8 Å². The molecule has 1 N–H and O–H groups in total. The molecule has 0 spiro atoms.